The topological polar surface area (TPSA) is 64.9 Å². The molecule has 0 aliphatic carbocycles. The molecule has 1 unspecified atom stereocenters. The van der Waals surface area contributed by atoms with Crippen molar-refractivity contribution >= 4 is 5.91 Å². The lowest BCUT2D eigenvalue weighted by Gasteiger charge is -2.31. The summed E-state index contributed by atoms with van der Waals surface area (Å²) >= 11 is 0. The average molecular weight is 181 g/mol. The number of nitriles is 1. The number of carbonyl (C=O) groups excluding carboxylic acids is 1. The maximum atomic E-state index is 11.4. The van der Waals surface area contributed by atoms with Crippen LogP contribution in [-0.2, 0) is 4.79 Å². The van der Waals surface area contributed by atoms with Gasteiger partial charge in [-0.3, -0.25) is 4.79 Å². The van der Waals surface area contributed by atoms with Crippen LogP contribution in [0.4, 0.5) is 0 Å². The molecule has 0 aromatic heterocycles. The van der Waals surface area contributed by atoms with Crippen molar-refractivity contribution < 1.29 is 4.79 Å². The van der Waals surface area contributed by atoms with E-state index in [1.165, 1.54) is 0 Å². The number of nitrogens with one attached hydrogen (secondary N) is 2. The van der Waals surface area contributed by atoms with Crippen molar-refractivity contribution in [3.05, 3.63) is 0 Å². The van der Waals surface area contributed by atoms with Crippen LogP contribution in [0.25, 0.3) is 0 Å². The van der Waals surface area contributed by atoms with Crippen molar-refractivity contribution in [3.63, 3.8) is 0 Å². The van der Waals surface area contributed by atoms with Gasteiger partial charge in [-0.05, 0) is 19.0 Å². The largest absolute Gasteiger partial charge is 0.355 e. The van der Waals surface area contributed by atoms with Crippen molar-refractivity contribution in [2.45, 2.75) is 13.3 Å². The van der Waals surface area contributed by atoms with E-state index in [4.69, 9.17) is 5.26 Å². The van der Waals surface area contributed by atoms with Crippen LogP contribution in [0.1, 0.15) is 13.3 Å². The Kier molecular flexibility index (Phi) is 3.71. The van der Waals surface area contributed by atoms with Crippen LogP contribution >= 0.6 is 0 Å². The highest BCUT2D eigenvalue weighted by Crippen LogP contribution is 2.15. The summed E-state index contributed by atoms with van der Waals surface area (Å²) in [4.78, 5) is 11.4. The van der Waals surface area contributed by atoms with Gasteiger partial charge in [-0.2, -0.15) is 5.26 Å². The van der Waals surface area contributed by atoms with Crippen molar-refractivity contribution in [1.82, 2.24) is 10.6 Å². The Balaban J connectivity index is 2.18. The van der Waals surface area contributed by atoms with Crippen LogP contribution in [-0.4, -0.2) is 25.5 Å². The number of amides is 1. The molecule has 1 saturated heterocycles. The van der Waals surface area contributed by atoms with Gasteiger partial charge in [0, 0.05) is 12.5 Å². The van der Waals surface area contributed by atoms with Gasteiger partial charge in [0.15, 0.2) is 0 Å². The third-order valence-corrected chi connectivity index (χ3v) is 2.47. The zero-order valence-electron chi connectivity index (χ0n) is 7.84. The Morgan fingerprint density at radius 2 is 2.46 bits per heavy atom. The van der Waals surface area contributed by atoms with Crippen LogP contribution in [0, 0.1) is 23.2 Å². The first-order chi connectivity index (χ1) is 6.25. The summed E-state index contributed by atoms with van der Waals surface area (Å²) < 4.78 is 0. The SMILES string of the molecule is CC(C(=O)NCCC#N)C1CNC1. The van der Waals surface area contributed by atoms with E-state index in [1.807, 2.05) is 13.0 Å². The van der Waals surface area contributed by atoms with Crippen molar-refractivity contribution in [3.8, 4) is 6.07 Å². The smallest absolute Gasteiger partial charge is 0.223 e. The van der Waals surface area contributed by atoms with Gasteiger partial charge in [-0.25, -0.2) is 0 Å². The molecular formula is C9H15N3O. The van der Waals surface area contributed by atoms with Crippen molar-refractivity contribution in [2.24, 2.45) is 11.8 Å². The van der Waals surface area contributed by atoms with Gasteiger partial charge in [0.2, 0.25) is 5.91 Å². The Labute approximate surface area is 78.3 Å². The molecule has 0 radical (unpaired) electrons. The lowest BCUT2D eigenvalue weighted by molar-refractivity contribution is -0.126. The molecule has 72 valence electrons. The molecule has 1 heterocycles. The normalized spacial score (nSPS) is 18.5. The van der Waals surface area contributed by atoms with Crippen LogP contribution in [0.15, 0.2) is 0 Å². The Hall–Kier alpha value is -1.08. The molecule has 1 aliphatic rings. The zero-order valence-corrected chi connectivity index (χ0v) is 7.84. The molecule has 1 rings (SSSR count). The predicted octanol–water partition coefficient (Wildman–Crippen LogP) is -0.128. The van der Waals surface area contributed by atoms with Crippen LogP contribution in [0.2, 0.25) is 0 Å². The Morgan fingerprint density at radius 1 is 1.77 bits per heavy atom. The summed E-state index contributed by atoms with van der Waals surface area (Å²) in [6, 6.07) is 1.99. The maximum Gasteiger partial charge on any atom is 0.223 e. The number of rotatable bonds is 4. The number of hydrogen-bond donors (Lipinski definition) is 2. The maximum absolute atomic E-state index is 11.4. The monoisotopic (exact) mass is 181 g/mol. The first-order valence-corrected chi connectivity index (χ1v) is 4.61. The number of hydrogen-bond acceptors (Lipinski definition) is 3. The summed E-state index contributed by atoms with van der Waals surface area (Å²) in [6.45, 7) is 4.28. The summed E-state index contributed by atoms with van der Waals surface area (Å²) in [7, 11) is 0. The molecule has 4 nitrogen and oxygen atoms in total. The minimum absolute atomic E-state index is 0.0694. The van der Waals surface area contributed by atoms with Crippen molar-refractivity contribution in [2.75, 3.05) is 19.6 Å². The zero-order chi connectivity index (χ0) is 9.68. The molecule has 1 amide bonds. The lowest BCUT2D eigenvalue weighted by Crippen LogP contribution is -2.49. The Morgan fingerprint density at radius 3 is 2.92 bits per heavy atom. The third kappa shape index (κ3) is 2.71. The number of nitrogens with zero attached hydrogens (tertiary/aromatic N) is 1. The highest BCUT2D eigenvalue weighted by Gasteiger charge is 2.28. The summed E-state index contributed by atoms with van der Waals surface area (Å²) in [5, 5.41) is 14.1. The summed E-state index contributed by atoms with van der Waals surface area (Å²) in [5.41, 5.74) is 0. The minimum Gasteiger partial charge on any atom is -0.355 e. The molecule has 1 atom stereocenters. The van der Waals surface area contributed by atoms with Gasteiger partial charge in [0.1, 0.15) is 0 Å². The number of carbonyl (C=O) groups is 1. The molecule has 2 N–H and O–H groups in total. The molecular weight excluding hydrogens is 166 g/mol. The van der Waals surface area contributed by atoms with Crippen molar-refractivity contribution in [1.29, 1.82) is 5.26 Å². The summed E-state index contributed by atoms with van der Waals surface area (Å²) in [6.07, 6.45) is 0.390. The Bertz CT molecular complexity index is 217. The van der Waals surface area contributed by atoms with E-state index in [1.54, 1.807) is 0 Å². The molecule has 0 aromatic rings. The molecule has 0 aromatic carbocycles. The van der Waals surface area contributed by atoms with E-state index in [9.17, 15) is 4.79 Å². The first kappa shape index (κ1) is 10.0. The molecule has 0 spiro atoms. The van der Waals surface area contributed by atoms with Gasteiger partial charge in [-0.1, -0.05) is 6.92 Å². The molecule has 0 bridgehead atoms. The second kappa shape index (κ2) is 4.83. The molecule has 1 aliphatic heterocycles. The van der Waals surface area contributed by atoms with E-state index >= 15 is 0 Å². The minimum atomic E-state index is 0.0694. The third-order valence-electron chi connectivity index (χ3n) is 2.47. The predicted molar refractivity (Wildman–Crippen MR) is 48.8 cm³/mol. The average Bonchev–Trinajstić information content (AvgIpc) is 2.01. The van der Waals surface area contributed by atoms with Crippen LogP contribution < -0.4 is 10.6 Å². The lowest BCUT2D eigenvalue weighted by atomic mass is 9.88. The molecule has 1 fully saturated rings. The fraction of sp³-hybridized carbons (Fsp3) is 0.778. The summed E-state index contributed by atoms with van der Waals surface area (Å²) in [5.74, 6) is 0.615. The van der Waals surface area contributed by atoms with E-state index in [-0.39, 0.29) is 11.8 Å². The fourth-order valence-corrected chi connectivity index (χ4v) is 1.28. The van der Waals surface area contributed by atoms with E-state index in [0.717, 1.165) is 13.1 Å². The standard InChI is InChI=1S/C9H15N3O/c1-7(8-5-11-6-8)9(13)12-4-2-3-10/h7-8,11H,2,4-6H2,1H3,(H,12,13). The molecule has 13 heavy (non-hydrogen) atoms. The highest BCUT2D eigenvalue weighted by atomic mass is 16.1. The second-order valence-electron chi connectivity index (χ2n) is 3.41. The molecule has 4 heteroatoms. The van der Waals surface area contributed by atoms with E-state index < -0.39 is 0 Å². The van der Waals surface area contributed by atoms with Gasteiger partial charge in [0.25, 0.3) is 0 Å². The molecule has 0 saturated carbocycles. The highest BCUT2D eigenvalue weighted by molar-refractivity contribution is 5.78. The first-order valence-electron chi connectivity index (χ1n) is 4.61. The van der Waals surface area contributed by atoms with Crippen LogP contribution in [0.5, 0.6) is 0 Å². The van der Waals surface area contributed by atoms with Crippen LogP contribution in [0.3, 0.4) is 0 Å². The van der Waals surface area contributed by atoms with Gasteiger partial charge in [0.05, 0.1) is 12.5 Å². The second-order valence-corrected chi connectivity index (χ2v) is 3.41. The van der Waals surface area contributed by atoms with Gasteiger partial charge in [-0.15, -0.1) is 0 Å². The van der Waals surface area contributed by atoms with Gasteiger partial charge >= 0.3 is 0 Å². The fourth-order valence-electron chi connectivity index (χ4n) is 1.28. The van der Waals surface area contributed by atoms with E-state index in [0.29, 0.717) is 18.9 Å². The van der Waals surface area contributed by atoms with Gasteiger partial charge < -0.3 is 10.6 Å². The quantitative estimate of drug-likeness (QED) is 0.594. The van der Waals surface area contributed by atoms with E-state index in [2.05, 4.69) is 10.6 Å².